The summed E-state index contributed by atoms with van der Waals surface area (Å²) in [6.07, 6.45) is -5.08. The van der Waals surface area contributed by atoms with Crippen LogP contribution < -0.4 is 10.2 Å². The van der Waals surface area contributed by atoms with Crippen molar-refractivity contribution < 1.29 is 43.5 Å². The van der Waals surface area contributed by atoms with Crippen molar-refractivity contribution in [2.75, 3.05) is 0 Å². The van der Waals surface area contributed by atoms with Gasteiger partial charge in [0.25, 0.3) is 0 Å². The molecule has 1 aromatic heterocycles. The molecule has 3 N–H and O–H groups in total. The lowest BCUT2D eigenvalue weighted by Gasteiger charge is -2.35. The van der Waals surface area contributed by atoms with Crippen LogP contribution in [0.2, 0.25) is 0 Å². The van der Waals surface area contributed by atoms with Crippen LogP contribution in [-0.2, 0) is 9.47 Å². The normalized spacial score (nSPS) is 13.8. The van der Waals surface area contributed by atoms with Crippen LogP contribution in [0.15, 0.2) is 112 Å². The number of aliphatic hydroxyl groups is 1. The highest BCUT2D eigenvalue weighted by atomic mass is 16.6. The number of ether oxygens (including phenoxy) is 3. The Labute approximate surface area is 270 Å². The Morgan fingerprint density at radius 3 is 1.83 bits per heavy atom. The second-order valence-electron chi connectivity index (χ2n) is 11.4. The van der Waals surface area contributed by atoms with E-state index in [-0.39, 0.29) is 39.4 Å². The molecule has 47 heavy (non-hydrogen) atoms. The lowest BCUT2D eigenvalue weighted by atomic mass is 9.95. The van der Waals surface area contributed by atoms with Crippen LogP contribution in [0.4, 0.5) is 0 Å². The average molecular weight is 639 g/mol. The predicted octanol–water partition coefficient (Wildman–Crippen LogP) is 6.11. The van der Waals surface area contributed by atoms with Crippen molar-refractivity contribution in [2.24, 2.45) is 5.92 Å². The number of benzene rings is 4. The average Bonchev–Trinajstić information content (AvgIpc) is 3.06. The summed E-state index contributed by atoms with van der Waals surface area (Å²) < 4.78 is 23.9. The van der Waals surface area contributed by atoms with Crippen molar-refractivity contribution in [2.45, 2.75) is 45.2 Å². The van der Waals surface area contributed by atoms with E-state index >= 15 is 0 Å². The molecule has 2 unspecified atom stereocenters. The number of carbonyl (C=O) groups is 2. The lowest BCUT2D eigenvalue weighted by molar-refractivity contribution is -0.118. The third kappa shape index (κ3) is 7.62. The Balaban J connectivity index is 1.52. The van der Waals surface area contributed by atoms with Gasteiger partial charge in [0.05, 0.1) is 17.2 Å². The van der Waals surface area contributed by atoms with E-state index in [2.05, 4.69) is 0 Å². The number of phenols is 2. The number of hydrogen-bond donors (Lipinski definition) is 3. The number of esters is 2. The van der Waals surface area contributed by atoms with Gasteiger partial charge in [-0.15, -0.1) is 0 Å². The topological polar surface area (TPSA) is 153 Å². The van der Waals surface area contributed by atoms with Gasteiger partial charge in [0.15, 0.2) is 17.6 Å². The summed E-state index contributed by atoms with van der Waals surface area (Å²) in [5.74, 6) is -2.05. The van der Waals surface area contributed by atoms with Gasteiger partial charge in [0.1, 0.15) is 40.1 Å². The van der Waals surface area contributed by atoms with Crippen LogP contribution in [0.5, 0.6) is 17.2 Å². The van der Waals surface area contributed by atoms with E-state index in [9.17, 15) is 29.7 Å². The first-order chi connectivity index (χ1) is 22.5. The zero-order valence-corrected chi connectivity index (χ0v) is 25.9. The van der Waals surface area contributed by atoms with Crippen molar-refractivity contribution in [1.82, 2.24) is 0 Å². The minimum atomic E-state index is -1.38. The Kier molecular flexibility index (Phi) is 9.91. The highest BCUT2D eigenvalue weighted by molar-refractivity contribution is 5.90. The fourth-order valence-electron chi connectivity index (χ4n) is 5.03. The Morgan fingerprint density at radius 1 is 0.723 bits per heavy atom. The van der Waals surface area contributed by atoms with E-state index in [0.717, 1.165) is 0 Å². The number of fused-ring (bicyclic) bond motifs is 1. The smallest absolute Gasteiger partial charge is 0.338 e. The molecule has 0 fully saturated rings. The van der Waals surface area contributed by atoms with Crippen LogP contribution >= 0.6 is 0 Å². The number of hydrogen-bond acceptors (Lipinski definition) is 10. The molecule has 4 atom stereocenters. The minimum absolute atomic E-state index is 0.00914. The number of carbonyl (C=O) groups excluding carboxylic acids is 2. The van der Waals surface area contributed by atoms with Crippen molar-refractivity contribution in [3.63, 3.8) is 0 Å². The summed E-state index contributed by atoms with van der Waals surface area (Å²) in [4.78, 5) is 39.5. The van der Waals surface area contributed by atoms with Crippen molar-refractivity contribution >= 4 is 22.9 Å². The molecule has 0 aliphatic rings. The quantitative estimate of drug-likeness (QED) is 0.145. The predicted molar refractivity (Wildman–Crippen MR) is 173 cm³/mol. The molecular weight excluding hydrogens is 604 g/mol. The Hall–Kier alpha value is -5.61. The SMILES string of the molecule is CC(C)[C@@H](O)C(OC(=O)c1ccccc1)C(OC(=O)c1ccccc1)[C@@H](C)Oc1cc(O)c2c(=O)cc(-c3ccc(O)cc3)oc2c1. The molecule has 0 spiro atoms. The maximum atomic E-state index is 13.3. The minimum Gasteiger partial charge on any atom is -0.508 e. The lowest BCUT2D eigenvalue weighted by Crippen LogP contribution is -2.51. The van der Waals surface area contributed by atoms with Gasteiger partial charge in [-0.05, 0) is 61.4 Å². The number of aromatic hydroxyl groups is 2. The third-order valence-corrected chi connectivity index (χ3v) is 7.57. The van der Waals surface area contributed by atoms with Gasteiger partial charge >= 0.3 is 11.9 Å². The molecule has 0 aliphatic carbocycles. The van der Waals surface area contributed by atoms with Crippen molar-refractivity contribution in [3.05, 3.63) is 124 Å². The van der Waals surface area contributed by atoms with E-state index in [0.29, 0.717) is 5.56 Å². The summed E-state index contributed by atoms with van der Waals surface area (Å²) in [5.41, 5.74) is 0.473. The number of phenolic OH excluding ortho intramolecular Hbond substituents is 2. The molecule has 0 saturated heterocycles. The number of aliphatic hydroxyl groups excluding tert-OH is 1. The van der Waals surface area contributed by atoms with Crippen LogP contribution in [0.3, 0.4) is 0 Å². The first kappa shape index (κ1) is 32.8. The second kappa shape index (κ2) is 14.2. The van der Waals surface area contributed by atoms with E-state index in [1.807, 2.05) is 0 Å². The fraction of sp³-hybridized carbons (Fsp3) is 0.216. The van der Waals surface area contributed by atoms with Gasteiger partial charge in [-0.3, -0.25) is 4.79 Å². The summed E-state index contributed by atoms with van der Waals surface area (Å²) in [5, 5.41) is 31.7. The van der Waals surface area contributed by atoms with Crippen molar-refractivity contribution in [1.29, 1.82) is 0 Å². The first-order valence-electron chi connectivity index (χ1n) is 15.0. The third-order valence-electron chi connectivity index (χ3n) is 7.57. The molecule has 10 heteroatoms. The maximum absolute atomic E-state index is 13.3. The van der Waals surface area contributed by atoms with Gasteiger partial charge in [-0.25, -0.2) is 9.59 Å². The van der Waals surface area contributed by atoms with Gasteiger partial charge < -0.3 is 33.9 Å². The summed E-state index contributed by atoms with van der Waals surface area (Å²) >= 11 is 0. The van der Waals surface area contributed by atoms with E-state index in [1.165, 1.54) is 30.3 Å². The Bertz CT molecular complexity index is 1900. The monoisotopic (exact) mass is 638 g/mol. The summed E-state index contributed by atoms with van der Waals surface area (Å²) in [7, 11) is 0. The molecule has 0 radical (unpaired) electrons. The fourth-order valence-corrected chi connectivity index (χ4v) is 5.03. The molecule has 10 nitrogen and oxygen atoms in total. The van der Waals surface area contributed by atoms with E-state index in [1.54, 1.807) is 93.6 Å². The highest BCUT2D eigenvalue weighted by Gasteiger charge is 2.41. The molecule has 5 aromatic rings. The molecular formula is C37H34O10. The molecule has 5 rings (SSSR count). The largest absolute Gasteiger partial charge is 0.508 e. The van der Waals surface area contributed by atoms with E-state index in [4.69, 9.17) is 18.6 Å². The molecule has 0 bridgehead atoms. The van der Waals surface area contributed by atoms with Gasteiger partial charge in [0.2, 0.25) is 0 Å². The second-order valence-corrected chi connectivity index (χ2v) is 11.4. The van der Waals surface area contributed by atoms with Crippen LogP contribution in [-0.4, -0.2) is 51.7 Å². The van der Waals surface area contributed by atoms with Gasteiger partial charge in [0, 0.05) is 23.8 Å². The number of rotatable bonds is 11. The van der Waals surface area contributed by atoms with E-state index < -0.39 is 53.5 Å². The molecule has 0 amide bonds. The molecule has 0 aliphatic heterocycles. The standard InChI is InChI=1S/C37H34O10/c1-21(2)33(41)35(47-37(43)25-12-8-5-9-13-25)34(46-36(42)24-10-6-4-7-11-24)22(3)44-27-18-28(39)32-29(40)20-30(45-31(32)19-27)23-14-16-26(38)17-15-23/h4-22,33-35,38-39,41H,1-3H3/t22-,33-,34?,35?/m1/s1. The van der Waals surface area contributed by atoms with Crippen molar-refractivity contribution in [3.8, 4) is 28.6 Å². The maximum Gasteiger partial charge on any atom is 0.338 e. The van der Waals surface area contributed by atoms with Crippen LogP contribution in [0, 0.1) is 5.92 Å². The highest BCUT2D eigenvalue weighted by Crippen LogP contribution is 2.33. The summed E-state index contributed by atoms with van der Waals surface area (Å²) in [6, 6.07) is 26.3. The molecule has 0 saturated carbocycles. The first-order valence-corrected chi connectivity index (χ1v) is 15.0. The molecule has 4 aromatic carbocycles. The zero-order valence-electron chi connectivity index (χ0n) is 25.9. The van der Waals surface area contributed by atoms with Gasteiger partial charge in [-0.1, -0.05) is 50.2 Å². The Morgan fingerprint density at radius 2 is 1.28 bits per heavy atom. The molecule has 1 heterocycles. The summed E-state index contributed by atoms with van der Waals surface area (Å²) in [6.45, 7) is 5.01. The van der Waals surface area contributed by atoms with Crippen LogP contribution in [0.1, 0.15) is 41.5 Å². The zero-order chi connectivity index (χ0) is 33.7. The van der Waals surface area contributed by atoms with Crippen LogP contribution in [0.25, 0.3) is 22.3 Å². The van der Waals surface area contributed by atoms with Gasteiger partial charge in [-0.2, -0.15) is 0 Å². The molecule has 242 valence electrons.